The van der Waals surface area contributed by atoms with E-state index >= 15 is 0 Å². The first kappa shape index (κ1) is 7.55. The SMILES string of the molecule is COc1cccnc1[C@H]1CCN1. The van der Waals surface area contributed by atoms with E-state index in [1.807, 2.05) is 12.1 Å². The van der Waals surface area contributed by atoms with E-state index in [-0.39, 0.29) is 0 Å². The number of pyridine rings is 1. The lowest BCUT2D eigenvalue weighted by atomic mass is 10.0. The fraction of sp³-hybridized carbons (Fsp3) is 0.444. The summed E-state index contributed by atoms with van der Waals surface area (Å²) in [4.78, 5) is 4.28. The van der Waals surface area contributed by atoms with E-state index in [1.165, 1.54) is 0 Å². The number of hydrogen-bond acceptors (Lipinski definition) is 3. The second-order valence-electron chi connectivity index (χ2n) is 2.89. The average Bonchev–Trinajstić information content (AvgIpc) is 2.02. The van der Waals surface area contributed by atoms with Crippen molar-refractivity contribution in [2.75, 3.05) is 13.7 Å². The number of methoxy groups -OCH3 is 1. The molecular formula is C9H12N2O. The van der Waals surface area contributed by atoms with Crippen molar-refractivity contribution in [3.63, 3.8) is 0 Å². The van der Waals surface area contributed by atoms with E-state index in [4.69, 9.17) is 4.74 Å². The molecule has 2 rings (SSSR count). The van der Waals surface area contributed by atoms with Gasteiger partial charge in [-0.2, -0.15) is 0 Å². The Labute approximate surface area is 71.8 Å². The number of nitrogens with zero attached hydrogens (tertiary/aromatic N) is 1. The normalized spacial score (nSPS) is 21.6. The summed E-state index contributed by atoms with van der Waals surface area (Å²) in [5, 5.41) is 3.29. The van der Waals surface area contributed by atoms with Gasteiger partial charge in [0.1, 0.15) is 5.75 Å². The van der Waals surface area contributed by atoms with E-state index in [2.05, 4.69) is 10.3 Å². The Morgan fingerprint density at radius 2 is 2.50 bits per heavy atom. The van der Waals surface area contributed by atoms with Gasteiger partial charge in [0.05, 0.1) is 18.8 Å². The molecule has 0 aliphatic carbocycles. The summed E-state index contributed by atoms with van der Waals surface area (Å²) in [7, 11) is 1.68. The second kappa shape index (κ2) is 3.11. The summed E-state index contributed by atoms with van der Waals surface area (Å²) in [5.74, 6) is 0.884. The average molecular weight is 164 g/mol. The Morgan fingerprint density at radius 3 is 3.08 bits per heavy atom. The Kier molecular flexibility index (Phi) is 1.96. The molecule has 1 atom stereocenters. The molecule has 1 aromatic rings. The predicted molar refractivity (Wildman–Crippen MR) is 46.1 cm³/mol. The van der Waals surface area contributed by atoms with Crippen LogP contribution in [0.1, 0.15) is 18.2 Å². The Morgan fingerprint density at radius 1 is 1.67 bits per heavy atom. The fourth-order valence-corrected chi connectivity index (χ4v) is 1.36. The standard InChI is InChI=1S/C9H12N2O/c1-12-8-3-2-5-11-9(8)7-4-6-10-7/h2-3,5,7,10H,4,6H2,1H3/t7-/m1/s1. The molecule has 0 amide bonds. The minimum Gasteiger partial charge on any atom is -0.495 e. The van der Waals surface area contributed by atoms with Gasteiger partial charge >= 0.3 is 0 Å². The molecule has 0 aromatic carbocycles. The van der Waals surface area contributed by atoms with Gasteiger partial charge in [-0.25, -0.2) is 0 Å². The van der Waals surface area contributed by atoms with Crippen LogP contribution in [0.4, 0.5) is 0 Å². The zero-order chi connectivity index (χ0) is 8.39. The van der Waals surface area contributed by atoms with E-state index in [0.29, 0.717) is 6.04 Å². The maximum Gasteiger partial charge on any atom is 0.141 e. The molecule has 1 N–H and O–H groups in total. The smallest absolute Gasteiger partial charge is 0.141 e. The largest absolute Gasteiger partial charge is 0.495 e. The third-order valence-corrected chi connectivity index (χ3v) is 2.17. The zero-order valence-electron chi connectivity index (χ0n) is 7.08. The van der Waals surface area contributed by atoms with Gasteiger partial charge in [-0.3, -0.25) is 4.98 Å². The summed E-state index contributed by atoms with van der Waals surface area (Å²) >= 11 is 0. The van der Waals surface area contributed by atoms with Crippen molar-refractivity contribution in [2.24, 2.45) is 0 Å². The molecule has 64 valence electrons. The molecule has 3 nitrogen and oxygen atoms in total. The van der Waals surface area contributed by atoms with Crippen LogP contribution in [0.2, 0.25) is 0 Å². The van der Waals surface area contributed by atoms with Crippen LogP contribution in [-0.4, -0.2) is 18.6 Å². The van der Waals surface area contributed by atoms with Crippen LogP contribution in [0.5, 0.6) is 5.75 Å². The van der Waals surface area contributed by atoms with Crippen LogP contribution in [0.3, 0.4) is 0 Å². The molecule has 1 aliphatic heterocycles. The third kappa shape index (κ3) is 1.16. The van der Waals surface area contributed by atoms with Crippen molar-refractivity contribution in [1.82, 2.24) is 10.3 Å². The molecule has 0 bridgehead atoms. The Hall–Kier alpha value is -1.09. The molecular weight excluding hydrogens is 152 g/mol. The van der Waals surface area contributed by atoms with Crippen molar-refractivity contribution in [1.29, 1.82) is 0 Å². The Bertz CT molecular complexity index is 271. The van der Waals surface area contributed by atoms with Crippen molar-refractivity contribution in [3.8, 4) is 5.75 Å². The van der Waals surface area contributed by atoms with E-state index in [9.17, 15) is 0 Å². The molecule has 0 unspecified atom stereocenters. The highest BCUT2D eigenvalue weighted by atomic mass is 16.5. The maximum absolute atomic E-state index is 5.20. The molecule has 0 saturated carbocycles. The molecule has 12 heavy (non-hydrogen) atoms. The summed E-state index contributed by atoms with van der Waals surface area (Å²) < 4.78 is 5.20. The molecule has 3 heteroatoms. The van der Waals surface area contributed by atoms with E-state index < -0.39 is 0 Å². The fourth-order valence-electron chi connectivity index (χ4n) is 1.36. The van der Waals surface area contributed by atoms with Crippen LogP contribution in [0.25, 0.3) is 0 Å². The summed E-state index contributed by atoms with van der Waals surface area (Å²) in [6, 6.07) is 4.24. The zero-order valence-corrected chi connectivity index (χ0v) is 7.08. The highest BCUT2D eigenvalue weighted by molar-refractivity contribution is 5.30. The third-order valence-electron chi connectivity index (χ3n) is 2.17. The van der Waals surface area contributed by atoms with Crippen LogP contribution < -0.4 is 10.1 Å². The quantitative estimate of drug-likeness (QED) is 0.711. The monoisotopic (exact) mass is 164 g/mol. The van der Waals surface area contributed by atoms with Gasteiger partial charge in [0.15, 0.2) is 0 Å². The van der Waals surface area contributed by atoms with Crippen molar-refractivity contribution in [3.05, 3.63) is 24.0 Å². The van der Waals surface area contributed by atoms with Gasteiger partial charge in [-0.15, -0.1) is 0 Å². The van der Waals surface area contributed by atoms with Gasteiger partial charge in [0.2, 0.25) is 0 Å². The lowest BCUT2D eigenvalue weighted by molar-refractivity contribution is 0.345. The number of nitrogens with one attached hydrogen (secondary N) is 1. The summed E-state index contributed by atoms with van der Waals surface area (Å²) in [5.41, 5.74) is 1.03. The first-order valence-corrected chi connectivity index (χ1v) is 4.14. The van der Waals surface area contributed by atoms with E-state index in [1.54, 1.807) is 13.3 Å². The van der Waals surface area contributed by atoms with Crippen LogP contribution in [0, 0.1) is 0 Å². The Balaban J connectivity index is 2.27. The van der Waals surface area contributed by atoms with Crippen LogP contribution >= 0.6 is 0 Å². The van der Waals surface area contributed by atoms with Crippen LogP contribution in [0.15, 0.2) is 18.3 Å². The summed E-state index contributed by atoms with van der Waals surface area (Å²) in [6.45, 7) is 1.09. The van der Waals surface area contributed by atoms with Crippen molar-refractivity contribution >= 4 is 0 Å². The molecule has 1 aliphatic rings. The maximum atomic E-state index is 5.20. The highest BCUT2D eigenvalue weighted by Gasteiger charge is 2.22. The number of rotatable bonds is 2. The second-order valence-corrected chi connectivity index (χ2v) is 2.89. The first-order chi connectivity index (χ1) is 5.92. The minimum absolute atomic E-state index is 0.404. The van der Waals surface area contributed by atoms with E-state index in [0.717, 1.165) is 24.4 Å². The topological polar surface area (TPSA) is 34.1 Å². The molecule has 1 fully saturated rings. The van der Waals surface area contributed by atoms with Crippen molar-refractivity contribution < 1.29 is 4.74 Å². The molecule has 1 aromatic heterocycles. The minimum atomic E-state index is 0.404. The summed E-state index contributed by atoms with van der Waals surface area (Å²) in [6.07, 6.45) is 2.96. The molecule has 2 heterocycles. The number of aromatic nitrogens is 1. The number of hydrogen-bond donors (Lipinski definition) is 1. The van der Waals surface area contributed by atoms with Gasteiger partial charge in [-0.05, 0) is 25.1 Å². The van der Waals surface area contributed by atoms with Gasteiger partial charge in [0, 0.05) is 6.20 Å². The predicted octanol–water partition coefficient (Wildman–Crippen LogP) is 1.12. The first-order valence-electron chi connectivity index (χ1n) is 4.14. The van der Waals surface area contributed by atoms with Gasteiger partial charge in [-0.1, -0.05) is 0 Å². The highest BCUT2D eigenvalue weighted by Crippen LogP contribution is 2.28. The molecule has 1 saturated heterocycles. The number of ether oxygens (including phenoxy) is 1. The van der Waals surface area contributed by atoms with Crippen LogP contribution in [-0.2, 0) is 0 Å². The lowest BCUT2D eigenvalue weighted by Gasteiger charge is -2.27. The van der Waals surface area contributed by atoms with Gasteiger partial charge < -0.3 is 10.1 Å². The van der Waals surface area contributed by atoms with Crippen molar-refractivity contribution in [2.45, 2.75) is 12.5 Å². The van der Waals surface area contributed by atoms with Gasteiger partial charge in [0.25, 0.3) is 0 Å². The molecule has 0 spiro atoms. The molecule has 0 radical (unpaired) electrons. The lowest BCUT2D eigenvalue weighted by Crippen LogP contribution is -2.35.